The number of rotatable bonds is 3. The maximum absolute atomic E-state index is 12.7. The van der Waals surface area contributed by atoms with Crippen LogP contribution in [0.3, 0.4) is 0 Å². The van der Waals surface area contributed by atoms with Crippen LogP contribution >= 0.6 is 0 Å². The molecule has 0 bridgehead atoms. The molecule has 1 N–H and O–H groups in total. The molecule has 0 spiro atoms. The molecule has 128 valence electrons. The van der Waals surface area contributed by atoms with Crippen LogP contribution in [0.4, 0.5) is 5.95 Å². The normalized spacial score (nSPS) is 15.5. The fourth-order valence-corrected chi connectivity index (χ4v) is 3.21. The molecule has 0 atom stereocenters. The molecule has 1 amide bonds. The number of aryl methyl sites for hydroxylation is 1. The first-order valence-corrected chi connectivity index (χ1v) is 8.52. The van der Waals surface area contributed by atoms with E-state index in [1.54, 1.807) is 18.5 Å². The fourth-order valence-electron chi connectivity index (χ4n) is 3.21. The predicted octanol–water partition coefficient (Wildman–Crippen LogP) is 3.25. The van der Waals surface area contributed by atoms with Crippen LogP contribution in [-0.2, 0) is 0 Å². The van der Waals surface area contributed by atoms with Crippen LogP contribution in [0.15, 0.2) is 47.1 Å². The van der Waals surface area contributed by atoms with Gasteiger partial charge < -0.3 is 14.6 Å². The van der Waals surface area contributed by atoms with Gasteiger partial charge in [-0.3, -0.25) is 4.79 Å². The first-order chi connectivity index (χ1) is 12.2. The average Bonchev–Trinajstić information content (AvgIpc) is 3.06. The highest BCUT2D eigenvalue weighted by atomic mass is 16.3. The summed E-state index contributed by atoms with van der Waals surface area (Å²) in [6, 6.07) is 9.85. The summed E-state index contributed by atoms with van der Waals surface area (Å²) < 4.78 is 5.73. The van der Waals surface area contributed by atoms with Crippen molar-refractivity contribution >= 4 is 22.8 Å². The Morgan fingerprint density at radius 2 is 1.96 bits per heavy atom. The molecule has 2 aromatic heterocycles. The number of furan rings is 1. The number of benzene rings is 1. The zero-order chi connectivity index (χ0) is 17.2. The maximum atomic E-state index is 12.7. The van der Waals surface area contributed by atoms with Crippen molar-refractivity contribution < 1.29 is 9.21 Å². The van der Waals surface area contributed by atoms with Gasteiger partial charge >= 0.3 is 0 Å². The third kappa shape index (κ3) is 3.33. The Morgan fingerprint density at radius 3 is 2.72 bits per heavy atom. The topological polar surface area (TPSA) is 71.3 Å². The predicted molar refractivity (Wildman–Crippen MR) is 95.5 cm³/mol. The van der Waals surface area contributed by atoms with Gasteiger partial charge in [-0.25, -0.2) is 9.97 Å². The van der Waals surface area contributed by atoms with Crippen molar-refractivity contribution in [1.82, 2.24) is 14.9 Å². The average molecular weight is 336 g/mol. The van der Waals surface area contributed by atoms with E-state index in [-0.39, 0.29) is 11.9 Å². The van der Waals surface area contributed by atoms with Gasteiger partial charge in [-0.1, -0.05) is 11.6 Å². The Morgan fingerprint density at radius 1 is 1.20 bits per heavy atom. The van der Waals surface area contributed by atoms with E-state index in [1.165, 1.54) is 0 Å². The van der Waals surface area contributed by atoms with Gasteiger partial charge in [-0.05, 0) is 44.0 Å². The van der Waals surface area contributed by atoms with E-state index < -0.39 is 0 Å². The standard InChI is InChI=1S/C19H20N4O2/c1-13-3-4-16-14(11-13)12-17(25-16)18(24)23-9-5-15(6-10-23)22-19-20-7-2-8-21-19/h2-4,7-8,11-12,15H,5-6,9-10H2,1H3,(H,20,21,22). The maximum Gasteiger partial charge on any atom is 0.289 e. The minimum absolute atomic E-state index is 0.0386. The van der Waals surface area contributed by atoms with Crippen LogP contribution < -0.4 is 5.32 Å². The highest BCUT2D eigenvalue weighted by Crippen LogP contribution is 2.23. The molecule has 0 saturated carbocycles. The Hall–Kier alpha value is -2.89. The first-order valence-electron chi connectivity index (χ1n) is 8.52. The second-order valence-corrected chi connectivity index (χ2v) is 6.44. The molecular weight excluding hydrogens is 316 g/mol. The van der Waals surface area contributed by atoms with Crippen LogP contribution in [0.1, 0.15) is 29.0 Å². The zero-order valence-corrected chi connectivity index (χ0v) is 14.1. The van der Waals surface area contributed by atoms with Crippen LogP contribution in [0.5, 0.6) is 0 Å². The third-order valence-electron chi connectivity index (χ3n) is 4.56. The SMILES string of the molecule is Cc1ccc2oc(C(=O)N3CCC(Nc4ncccn4)CC3)cc2c1. The molecule has 0 aliphatic carbocycles. The number of fused-ring (bicyclic) bond motifs is 1. The number of nitrogens with one attached hydrogen (secondary N) is 1. The molecule has 0 unspecified atom stereocenters. The molecule has 4 rings (SSSR count). The Kier molecular flexibility index (Phi) is 4.09. The lowest BCUT2D eigenvalue weighted by Crippen LogP contribution is -2.42. The van der Waals surface area contributed by atoms with E-state index in [0.717, 1.165) is 29.4 Å². The van der Waals surface area contributed by atoms with Gasteiger partial charge in [0, 0.05) is 36.9 Å². The molecule has 0 radical (unpaired) electrons. The molecule has 3 aromatic rings. The molecule has 25 heavy (non-hydrogen) atoms. The van der Waals surface area contributed by atoms with Crippen LogP contribution in [0.2, 0.25) is 0 Å². The highest BCUT2D eigenvalue weighted by molar-refractivity contribution is 5.96. The van der Waals surface area contributed by atoms with E-state index in [0.29, 0.717) is 24.8 Å². The number of likely N-dealkylation sites (tertiary alicyclic amines) is 1. The summed E-state index contributed by atoms with van der Waals surface area (Å²) in [6.07, 6.45) is 5.17. The van der Waals surface area contributed by atoms with Gasteiger partial charge in [0.15, 0.2) is 5.76 Å². The van der Waals surface area contributed by atoms with E-state index in [4.69, 9.17) is 4.42 Å². The van der Waals surface area contributed by atoms with Gasteiger partial charge in [0.1, 0.15) is 5.58 Å². The number of amides is 1. The Balaban J connectivity index is 1.40. The number of carbonyl (C=O) groups excluding carboxylic acids is 1. The van der Waals surface area contributed by atoms with Crippen molar-refractivity contribution in [3.05, 3.63) is 54.0 Å². The quantitative estimate of drug-likeness (QED) is 0.795. The summed E-state index contributed by atoms with van der Waals surface area (Å²) in [5.74, 6) is 1.02. The third-order valence-corrected chi connectivity index (χ3v) is 4.56. The van der Waals surface area contributed by atoms with Crippen LogP contribution in [0, 0.1) is 6.92 Å². The van der Waals surface area contributed by atoms with Crippen molar-refractivity contribution in [3.8, 4) is 0 Å². The molecule has 3 heterocycles. The molecule has 1 saturated heterocycles. The number of aromatic nitrogens is 2. The lowest BCUT2D eigenvalue weighted by Gasteiger charge is -2.31. The van der Waals surface area contributed by atoms with Gasteiger partial charge in [0.25, 0.3) is 5.91 Å². The lowest BCUT2D eigenvalue weighted by molar-refractivity contribution is 0.0688. The van der Waals surface area contributed by atoms with E-state index >= 15 is 0 Å². The second kappa shape index (κ2) is 6.55. The zero-order valence-electron chi connectivity index (χ0n) is 14.1. The molecule has 1 aromatic carbocycles. The van der Waals surface area contributed by atoms with Crippen molar-refractivity contribution in [1.29, 1.82) is 0 Å². The lowest BCUT2D eigenvalue weighted by atomic mass is 10.0. The Bertz CT molecular complexity index is 883. The van der Waals surface area contributed by atoms with Crippen LogP contribution in [-0.4, -0.2) is 39.9 Å². The van der Waals surface area contributed by atoms with Crippen molar-refractivity contribution in [3.63, 3.8) is 0 Å². The molecular formula is C19H20N4O2. The van der Waals surface area contributed by atoms with Gasteiger partial charge in [0.2, 0.25) is 5.95 Å². The van der Waals surface area contributed by atoms with Crippen molar-refractivity contribution in [2.45, 2.75) is 25.8 Å². The number of piperidine rings is 1. The number of hydrogen-bond donors (Lipinski definition) is 1. The largest absolute Gasteiger partial charge is 0.451 e. The monoisotopic (exact) mass is 336 g/mol. The summed E-state index contributed by atoms with van der Waals surface area (Å²) in [7, 11) is 0. The summed E-state index contributed by atoms with van der Waals surface area (Å²) in [5, 5.41) is 4.30. The van der Waals surface area contributed by atoms with Gasteiger partial charge in [-0.15, -0.1) is 0 Å². The fraction of sp³-hybridized carbons (Fsp3) is 0.316. The van der Waals surface area contributed by atoms with Gasteiger partial charge in [0.05, 0.1) is 0 Å². The minimum atomic E-state index is -0.0386. The van der Waals surface area contributed by atoms with Crippen molar-refractivity contribution in [2.75, 3.05) is 18.4 Å². The first kappa shape index (κ1) is 15.6. The van der Waals surface area contributed by atoms with E-state index in [9.17, 15) is 4.79 Å². The molecule has 1 aliphatic rings. The number of hydrogen-bond acceptors (Lipinski definition) is 5. The van der Waals surface area contributed by atoms with Crippen LogP contribution in [0.25, 0.3) is 11.0 Å². The van der Waals surface area contributed by atoms with E-state index in [2.05, 4.69) is 15.3 Å². The molecule has 6 heteroatoms. The molecule has 1 aliphatic heterocycles. The smallest absolute Gasteiger partial charge is 0.289 e. The Labute approximate surface area is 145 Å². The minimum Gasteiger partial charge on any atom is -0.451 e. The second-order valence-electron chi connectivity index (χ2n) is 6.44. The van der Waals surface area contributed by atoms with Gasteiger partial charge in [-0.2, -0.15) is 0 Å². The van der Waals surface area contributed by atoms with E-state index in [1.807, 2.05) is 36.1 Å². The summed E-state index contributed by atoms with van der Waals surface area (Å²) in [6.45, 7) is 3.42. The van der Waals surface area contributed by atoms with Crippen molar-refractivity contribution in [2.24, 2.45) is 0 Å². The molecule has 1 fully saturated rings. The number of carbonyl (C=O) groups is 1. The highest BCUT2D eigenvalue weighted by Gasteiger charge is 2.26. The summed E-state index contributed by atoms with van der Waals surface area (Å²) in [5.41, 5.74) is 1.91. The summed E-state index contributed by atoms with van der Waals surface area (Å²) >= 11 is 0. The number of anilines is 1. The molecule has 6 nitrogen and oxygen atoms in total. The number of nitrogens with zero attached hydrogens (tertiary/aromatic N) is 3. The summed E-state index contributed by atoms with van der Waals surface area (Å²) in [4.78, 5) is 22.9.